The maximum absolute atomic E-state index is 11.9. The first-order chi connectivity index (χ1) is 9.51. The van der Waals surface area contributed by atoms with Gasteiger partial charge in [0.15, 0.2) is 0 Å². The molecule has 104 valence electrons. The molecule has 2 aromatic rings. The summed E-state index contributed by atoms with van der Waals surface area (Å²) in [6, 6.07) is 5.82. The van der Waals surface area contributed by atoms with Crippen LogP contribution in [0.3, 0.4) is 0 Å². The highest BCUT2D eigenvalue weighted by Gasteiger charge is 2.12. The van der Waals surface area contributed by atoms with Crippen molar-refractivity contribution in [2.75, 3.05) is 12.4 Å². The number of esters is 1. The molecule has 0 aliphatic heterocycles. The number of phenolic OH excluding ortho intramolecular Hbond substituents is 1. The Morgan fingerprint density at radius 1 is 1.25 bits per heavy atom. The first kappa shape index (κ1) is 13.7. The third-order valence-corrected chi connectivity index (χ3v) is 2.76. The number of hydrogen-bond donors (Lipinski definition) is 2. The third-order valence-electron chi connectivity index (χ3n) is 2.76. The van der Waals surface area contributed by atoms with E-state index in [0.29, 0.717) is 5.56 Å². The standard InChI is InChI=1S/C14H14N2O4/c1-16-6-5-10(8-16)13(18)15-11-4-3-9(7-12(11)17)14(19)20-2/h3-8,17H,1-2H3,(H,15,18). The Kier molecular flexibility index (Phi) is 3.74. The number of aromatic nitrogens is 1. The van der Waals surface area contributed by atoms with Gasteiger partial charge < -0.3 is 19.7 Å². The first-order valence-electron chi connectivity index (χ1n) is 5.86. The number of carbonyl (C=O) groups excluding carboxylic acids is 2. The molecule has 20 heavy (non-hydrogen) atoms. The van der Waals surface area contributed by atoms with Crippen LogP contribution in [0, 0.1) is 0 Å². The van der Waals surface area contributed by atoms with Crippen molar-refractivity contribution in [1.29, 1.82) is 0 Å². The van der Waals surface area contributed by atoms with Gasteiger partial charge in [0.25, 0.3) is 5.91 Å². The van der Waals surface area contributed by atoms with Gasteiger partial charge in [-0.15, -0.1) is 0 Å². The van der Waals surface area contributed by atoms with Crippen LogP contribution in [0.15, 0.2) is 36.7 Å². The maximum atomic E-state index is 11.9. The summed E-state index contributed by atoms with van der Waals surface area (Å²) in [4.78, 5) is 23.2. The van der Waals surface area contributed by atoms with Gasteiger partial charge >= 0.3 is 5.97 Å². The third kappa shape index (κ3) is 2.80. The monoisotopic (exact) mass is 274 g/mol. The van der Waals surface area contributed by atoms with Gasteiger partial charge in [0.05, 0.1) is 23.9 Å². The van der Waals surface area contributed by atoms with Gasteiger partial charge in [-0.25, -0.2) is 4.79 Å². The molecular formula is C14H14N2O4. The number of nitrogens with zero attached hydrogens (tertiary/aromatic N) is 1. The van der Waals surface area contributed by atoms with E-state index in [1.807, 2.05) is 0 Å². The summed E-state index contributed by atoms with van der Waals surface area (Å²) in [5.41, 5.74) is 0.915. The minimum atomic E-state index is -0.554. The van der Waals surface area contributed by atoms with Gasteiger partial charge in [-0.05, 0) is 24.3 Å². The lowest BCUT2D eigenvalue weighted by atomic mass is 10.2. The molecule has 0 saturated heterocycles. The molecule has 0 saturated carbocycles. The minimum Gasteiger partial charge on any atom is -0.506 e. The predicted molar refractivity (Wildman–Crippen MR) is 72.8 cm³/mol. The number of methoxy groups -OCH3 is 1. The second-order valence-corrected chi connectivity index (χ2v) is 4.24. The van der Waals surface area contributed by atoms with E-state index in [9.17, 15) is 14.7 Å². The molecule has 1 aromatic carbocycles. The van der Waals surface area contributed by atoms with E-state index < -0.39 is 5.97 Å². The van der Waals surface area contributed by atoms with Gasteiger partial charge in [-0.1, -0.05) is 0 Å². The molecule has 1 amide bonds. The Morgan fingerprint density at radius 3 is 2.55 bits per heavy atom. The fourth-order valence-electron chi connectivity index (χ4n) is 1.71. The average Bonchev–Trinajstić information content (AvgIpc) is 2.86. The molecule has 0 unspecified atom stereocenters. The zero-order valence-corrected chi connectivity index (χ0v) is 11.1. The first-order valence-corrected chi connectivity index (χ1v) is 5.86. The topological polar surface area (TPSA) is 80.6 Å². The van der Waals surface area contributed by atoms with Crippen LogP contribution in [0.1, 0.15) is 20.7 Å². The number of amides is 1. The molecule has 0 aliphatic rings. The summed E-state index contributed by atoms with van der Waals surface area (Å²) < 4.78 is 6.29. The normalized spacial score (nSPS) is 10.1. The molecule has 2 N–H and O–H groups in total. The number of nitrogens with one attached hydrogen (secondary N) is 1. The lowest BCUT2D eigenvalue weighted by Crippen LogP contribution is -2.11. The van der Waals surface area contributed by atoms with E-state index in [1.165, 1.54) is 25.3 Å². The van der Waals surface area contributed by atoms with Crippen LogP contribution in [-0.2, 0) is 11.8 Å². The molecule has 0 spiro atoms. The van der Waals surface area contributed by atoms with Crippen LogP contribution < -0.4 is 5.32 Å². The molecule has 6 nitrogen and oxygen atoms in total. The molecule has 2 rings (SSSR count). The number of aromatic hydroxyl groups is 1. The largest absolute Gasteiger partial charge is 0.506 e. The lowest BCUT2D eigenvalue weighted by Gasteiger charge is -2.07. The van der Waals surface area contributed by atoms with E-state index in [4.69, 9.17) is 0 Å². The summed E-state index contributed by atoms with van der Waals surface area (Å²) in [5, 5.41) is 12.4. The predicted octanol–water partition coefficient (Wildman–Crippen LogP) is 1.77. The summed E-state index contributed by atoms with van der Waals surface area (Å²) in [6.45, 7) is 0. The zero-order chi connectivity index (χ0) is 14.7. The van der Waals surface area contributed by atoms with E-state index in [-0.39, 0.29) is 22.9 Å². The summed E-state index contributed by atoms with van der Waals surface area (Å²) in [7, 11) is 3.06. The molecular weight excluding hydrogens is 260 g/mol. The Labute approximate surface area is 115 Å². The number of carbonyl (C=O) groups is 2. The van der Waals surface area contributed by atoms with Crippen LogP contribution in [-0.4, -0.2) is 28.7 Å². The van der Waals surface area contributed by atoms with Crippen molar-refractivity contribution in [3.8, 4) is 5.75 Å². The average molecular weight is 274 g/mol. The molecule has 1 aromatic heterocycles. The van der Waals surface area contributed by atoms with E-state index in [2.05, 4.69) is 10.1 Å². The number of phenols is 1. The van der Waals surface area contributed by atoms with E-state index >= 15 is 0 Å². The van der Waals surface area contributed by atoms with Crippen molar-refractivity contribution < 1.29 is 19.4 Å². The molecule has 0 fully saturated rings. The lowest BCUT2D eigenvalue weighted by molar-refractivity contribution is 0.0600. The maximum Gasteiger partial charge on any atom is 0.337 e. The molecule has 0 atom stereocenters. The highest BCUT2D eigenvalue weighted by molar-refractivity contribution is 6.05. The van der Waals surface area contributed by atoms with Crippen LogP contribution >= 0.6 is 0 Å². The zero-order valence-electron chi connectivity index (χ0n) is 11.1. The number of hydrogen-bond acceptors (Lipinski definition) is 4. The molecule has 1 heterocycles. The van der Waals surface area contributed by atoms with Gasteiger partial charge in [-0.2, -0.15) is 0 Å². The van der Waals surface area contributed by atoms with E-state index in [0.717, 1.165) is 0 Å². The fourth-order valence-corrected chi connectivity index (χ4v) is 1.71. The number of benzene rings is 1. The Morgan fingerprint density at radius 2 is 2.00 bits per heavy atom. The van der Waals surface area contributed by atoms with Crippen molar-refractivity contribution in [2.45, 2.75) is 0 Å². The quantitative estimate of drug-likeness (QED) is 0.660. The number of anilines is 1. The van der Waals surface area contributed by atoms with Crippen LogP contribution in [0.2, 0.25) is 0 Å². The van der Waals surface area contributed by atoms with Crippen LogP contribution in [0.25, 0.3) is 0 Å². The SMILES string of the molecule is COC(=O)c1ccc(NC(=O)c2ccn(C)c2)c(O)c1. The van der Waals surface area contributed by atoms with Crippen molar-refractivity contribution in [1.82, 2.24) is 4.57 Å². The molecule has 6 heteroatoms. The van der Waals surface area contributed by atoms with Crippen molar-refractivity contribution in [3.63, 3.8) is 0 Å². The van der Waals surface area contributed by atoms with Gasteiger partial charge in [-0.3, -0.25) is 4.79 Å². The van der Waals surface area contributed by atoms with Gasteiger partial charge in [0.2, 0.25) is 0 Å². The number of ether oxygens (including phenoxy) is 1. The highest BCUT2D eigenvalue weighted by Crippen LogP contribution is 2.25. The van der Waals surface area contributed by atoms with Crippen LogP contribution in [0.5, 0.6) is 5.75 Å². The van der Waals surface area contributed by atoms with Crippen molar-refractivity contribution in [2.24, 2.45) is 7.05 Å². The summed E-state index contributed by atoms with van der Waals surface area (Å²) in [6.07, 6.45) is 3.41. The molecule has 0 radical (unpaired) electrons. The second kappa shape index (κ2) is 5.48. The smallest absolute Gasteiger partial charge is 0.337 e. The summed E-state index contributed by atoms with van der Waals surface area (Å²) in [5.74, 6) is -1.09. The second-order valence-electron chi connectivity index (χ2n) is 4.24. The number of rotatable bonds is 3. The summed E-state index contributed by atoms with van der Waals surface area (Å²) >= 11 is 0. The van der Waals surface area contributed by atoms with Crippen molar-refractivity contribution in [3.05, 3.63) is 47.8 Å². The molecule has 0 aliphatic carbocycles. The Hall–Kier alpha value is -2.76. The van der Waals surface area contributed by atoms with Gasteiger partial charge in [0, 0.05) is 19.4 Å². The van der Waals surface area contributed by atoms with E-state index in [1.54, 1.807) is 30.1 Å². The Balaban J connectivity index is 2.18. The minimum absolute atomic E-state index is 0.197. The van der Waals surface area contributed by atoms with Gasteiger partial charge in [0.1, 0.15) is 5.75 Å². The highest BCUT2D eigenvalue weighted by atomic mass is 16.5. The fraction of sp³-hybridized carbons (Fsp3) is 0.143. The number of aryl methyl sites for hydroxylation is 1. The Bertz CT molecular complexity index is 661. The molecule has 0 bridgehead atoms. The van der Waals surface area contributed by atoms with Crippen molar-refractivity contribution >= 4 is 17.6 Å². The van der Waals surface area contributed by atoms with Crippen LogP contribution in [0.4, 0.5) is 5.69 Å².